The standard InChI is InChI=1S/C28H23F4N5O3/c1-27(2,3)26-36-24(37-40-26)21(38)10-9-15-7-8-16(14-20(15)29)19-11-12-33-25-22(19)34-23(35-25)17-5-4-6-18(13-17)39-28(30,31)32/h4-8,11-14H,9-10H2,1-3H3,(H,33,34,35). The Hall–Kier alpha value is -4.61. The van der Waals surface area contributed by atoms with Crippen LogP contribution in [0.15, 0.2) is 59.3 Å². The van der Waals surface area contributed by atoms with E-state index in [1.54, 1.807) is 24.3 Å². The van der Waals surface area contributed by atoms with Crippen LogP contribution in [-0.4, -0.2) is 37.2 Å². The Morgan fingerprint density at radius 2 is 1.82 bits per heavy atom. The van der Waals surface area contributed by atoms with E-state index in [0.29, 0.717) is 39.3 Å². The Kier molecular flexibility index (Phi) is 6.86. The van der Waals surface area contributed by atoms with E-state index in [1.165, 1.54) is 30.5 Å². The lowest BCUT2D eigenvalue weighted by Gasteiger charge is -2.10. The first-order valence-corrected chi connectivity index (χ1v) is 12.2. The van der Waals surface area contributed by atoms with Gasteiger partial charge in [0.15, 0.2) is 5.65 Å². The molecule has 0 aliphatic rings. The number of ether oxygens (including phenoxy) is 1. The number of hydrogen-bond acceptors (Lipinski definition) is 7. The number of halogens is 4. The van der Waals surface area contributed by atoms with Gasteiger partial charge in [0.05, 0.1) is 5.52 Å². The molecule has 40 heavy (non-hydrogen) atoms. The maximum atomic E-state index is 15.1. The molecule has 0 radical (unpaired) electrons. The quantitative estimate of drug-likeness (QED) is 0.174. The Balaban J connectivity index is 1.36. The summed E-state index contributed by atoms with van der Waals surface area (Å²) in [6.07, 6.45) is -3.18. The van der Waals surface area contributed by atoms with E-state index in [1.807, 2.05) is 20.8 Å². The number of hydrogen-bond donors (Lipinski definition) is 1. The van der Waals surface area contributed by atoms with Gasteiger partial charge in [-0.25, -0.2) is 14.4 Å². The van der Waals surface area contributed by atoms with Crippen LogP contribution in [0.2, 0.25) is 0 Å². The number of ketones is 1. The molecule has 5 rings (SSSR count). The molecule has 0 saturated heterocycles. The fourth-order valence-corrected chi connectivity index (χ4v) is 4.05. The summed E-state index contributed by atoms with van der Waals surface area (Å²) in [7, 11) is 0. The van der Waals surface area contributed by atoms with Crippen molar-refractivity contribution < 1.29 is 31.6 Å². The average molecular weight is 554 g/mol. The largest absolute Gasteiger partial charge is 0.573 e. The normalized spacial score (nSPS) is 12.2. The number of nitrogens with zero attached hydrogens (tertiary/aromatic N) is 4. The summed E-state index contributed by atoms with van der Waals surface area (Å²) in [6.45, 7) is 5.66. The third kappa shape index (κ3) is 5.85. The SMILES string of the molecule is CC(C)(C)c1nc(C(=O)CCc2ccc(-c3ccnc4nc(-c5cccc(OC(F)(F)F)c5)[nH]c34)cc2F)no1. The number of alkyl halides is 3. The van der Waals surface area contributed by atoms with Crippen molar-refractivity contribution in [3.05, 3.63) is 77.8 Å². The van der Waals surface area contributed by atoms with E-state index in [-0.39, 0.29) is 36.0 Å². The van der Waals surface area contributed by atoms with E-state index in [0.717, 1.165) is 0 Å². The lowest BCUT2D eigenvalue weighted by molar-refractivity contribution is -0.274. The Labute approximate surface area is 225 Å². The molecule has 5 aromatic rings. The van der Waals surface area contributed by atoms with Crippen molar-refractivity contribution in [2.45, 2.75) is 45.4 Å². The predicted octanol–water partition coefficient (Wildman–Crippen LogP) is 6.83. The second-order valence-corrected chi connectivity index (χ2v) is 10.1. The minimum Gasteiger partial charge on any atom is -0.406 e. The first kappa shape index (κ1) is 27.0. The molecule has 0 saturated carbocycles. The predicted molar refractivity (Wildman–Crippen MR) is 137 cm³/mol. The second kappa shape index (κ2) is 10.2. The number of benzene rings is 2. The van der Waals surface area contributed by atoms with Crippen LogP contribution < -0.4 is 4.74 Å². The first-order chi connectivity index (χ1) is 18.9. The molecule has 0 amide bonds. The highest BCUT2D eigenvalue weighted by Gasteiger charge is 2.31. The van der Waals surface area contributed by atoms with Crippen molar-refractivity contribution in [3.63, 3.8) is 0 Å². The van der Waals surface area contributed by atoms with Gasteiger partial charge in [-0.2, -0.15) is 4.98 Å². The van der Waals surface area contributed by atoms with Gasteiger partial charge in [0, 0.05) is 29.2 Å². The molecule has 1 N–H and O–H groups in total. The van der Waals surface area contributed by atoms with E-state index >= 15 is 4.39 Å². The van der Waals surface area contributed by atoms with Crippen LogP contribution >= 0.6 is 0 Å². The molecule has 8 nitrogen and oxygen atoms in total. The van der Waals surface area contributed by atoms with Gasteiger partial charge in [-0.05, 0) is 41.8 Å². The lowest BCUT2D eigenvalue weighted by atomic mass is 9.97. The highest BCUT2D eigenvalue weighted by Crippen LogP contribution is 2.32. The molecule has 0 atom stereocenters. The third-order valence-electron chi connectivity index (χ3n) is 6.04. The van der Waals surface area contributed by atoms with Crippen LogP contribution in [0.4, 0.5) is 17.6 Å². The van der Waals surface area contributed by atoms with Gasteiger partial charge < -0.3 is 14.2 Å². The summed E-state index contributed by atoms with van der Waals surface area (Å²) in [6, 6.07) is 11.7. The van der Waals surface area contributed by atoms with Gasteiger partial charge in [0.2, 0.25) is 17.5 Å². The van der Waals surface area contributed by atoms with Gasteiger partial charge in [0.25, 0.3) is 0 Å². The summed E-state index contributed by atoms with van der Waals surface area (Å²) < 4.78 is 62.2. The van der Waals surface area contributed by atoms with E-state index in [2.05, 4.69) is 29.8 Å². The number of imidazole rings is 1. The van der Waals surface area contributed by atoms with Crippen LogP contribution in [0.1, 0.15) is 49.3 Å². The molecule has 12 heteroatoms. The Bertz CT molecular complexity index is 1700. The summed E-state index contributed by atoms with van der Waals surface area (Å²) in [5.74, 6) is -0.659. The van der Waals surface area contributed by atoms with Crippen LogP contribution in [0, 0.1) is 5.82 Å². The molecule has 2 aromatic carbocycles. The van der Waals surface area contributed by atoms with Gasteiger partial charge >= 0.3 is 6.36 Å². The number of carbonyl (C=O) groups is 1. The zero-order valence-electron chi connectivity index (χ0n) is 21.6. The van der Waals surface area contributed by atoms with Crippen molar-refractivity contribution in [1.29, 1.82) is 0 Å². The molecule has 0 fully saturated rings. The fourth-order valence-electron chi connectivity index (χ4n) is 4.05. The minimum atomic E-state index is -4.83. The van der Waals surface area contributed by atoms with Crippen molar-refractivity contribution in [3.8, 4) is 28.3 Å². The number of rotatable bonds is 7. The summed E-state index contributed by atoms with van der Waals surface area (Å²) in [5.41, 5.74) is 2.20. The molecule has 206 valence electrons. The van der Waals surface area contributed by atoms with E-state index in [4.69, 9.17) is 4.52 Å². The summed E-state index contributed by atoms with van der Waals surface area (Å²) in [4.78, 5) is 28.4. The van der Waals surface area contributed by atoms with E-state index in [9.17, 15) is 18.0 Å². The fraction of sp³-hybridized carbons (Fsp3) is 0.250. The molecular formula is C28H23F4N5O3. The van der Waals surface area contributed by atoms with Crippen molar-refractivity contribution in [1.82, 2.24) is 25.1 Å². The zero-order chi connectivity index (χ0) is 28.7. The molecule has 0 spiro atoms. The smallest absolute Gasteiger partial charge is 0.406 e. The van der Waals surface area contributed by atoms with Crippen LogP contribution in [0.3, 0.4) is 0 Å². The number of H-pyrrole nitrogens is 1. The highest BCUT2D eigenvalue weighted by atomic mass is 19.4. The Morgan fingerprint density at radius 3 is 2.52 bits per heavy atom. The molecular weight excluding hydrogens is 530 g/mol. The number of aryl methyl sites for hydroxylation is 1. The maximum absolute atomic E-state index is 15.1. The first-order valence-electron chi connectivity index (χ1n) is 12.2. The van der Waals surface area contributed by atoms with Gasteiger partial charge in [-0.15, -0.1) is 13.2 Å². The maximum Gasteiger partial charge on any atom is 0.573 e. The number of aromatic amines is 1. The van der Waals surface area contributed by atoms with Gasteiger partial charge in [-0.3, -0.25) is 4.79 Å². The van der Waals surface area contributed by atoms with Crippen LogP contribution in [0.5, 0.6) is 5.75 Å². The minimum absolute atomic E-state index is 0.0000889. The molecule has 3 heterocycles. The number of aromatic nitrogens is 5. The third-order valence-corrected chi connectivity index (χ3v) is 6.04. The number of Topliss-reactive ketones (excluding diaryl/α,β-unsaturated/α-hetero) is 1. The van der Waals surface area contributed by atoms with Crippen molar-refractivity contribution >= 4 is 16.9 Å². The molecule has 0 aliphatic carbocycles. The van der Waals surface area contributed by atoms with Gasteiger partial charge in [0.1, 0.15) is 17.4 Å². The van der Waals surface area contributed by atoms with Crippen LogP contribution in [-0.2, 0) is 11.8 Å². The number of nitrogens with one attached hydrogen (secondary N) is 1. The molecule has 0 unspecified atom stereocenters. The second-order valence-electron chi connectivity index (χ2n) is 10.1. The molecule has 3 aromatic heterocycles. The number of pyridine rings is 1. The highest BCUT2D eigenvalue weighted by molar-refractivity contribution is 5.93. The Morgan fingerprint density at radius 1 is 1.02 bits per heavy atom. The van der Waals surface area contributed by atoms with E-state index < -0.39 is 17.6 Å². The topological polar surface area (TPSA) is 107 Å². The summed E-state index contributed by atoms with van der Waals surface area (Å²) in [5, 5.41) is 3.74. The summed E-state index contributed by atoms with van der Waals surface area (Å²) >= 11 is 0. The van der Waals surface area contributed by atoms with Crippen molar-refractivity contribution in [2.24, 2.45) is 0 Å². The molecule has 0 bridgehead atoms. The molecule has 0 aliphatic heterocycles. The monoisotopic (exact) mass is 553 g/mol. The number of carbonyl (C=O) groups excluding carboxylic acids is 1. The van der Waals surface area contributed by atoms with Crippen molar-refractivity contribution in [2.75, 3.05) is 0 Å². The number of fused-ring (bicyclic) bond motifs is 1. The van der Waals surface area contributed by atoms with Crippen LogP contribution in [0.25, 0.3) is 33.7 Å². The average Bonchev–Trinajstić information content (AvgIpc) is 3.55. The van der Waals surface area contributed by atoms with Gasteiger partial charge in [-0.1, -0.05) is 50.2 Å². The zero-order valence-corrected chi connectivity index (χ0v) is 21.6. The lowest BCUT2D eigenvalue weighted by Crippen LogP contribution is -2.17.